The minimum absolute atomic E-state index is 0.0562. The van der Waals surface area contributed by atoms with Crippen molar-refractivity contribution in [2.45, 2.75) is 24.9 Å². The number of amides is 1. The van der Waals surface area contributed by atoms with Crippen molar-refractivity contribution < 1.29 is 31.6 Å². The molecule has 0 bridgehead atoms. The van der Waals surface area contributed by atoms with Crippen molar-refractivity contribution in [1.82, 2.24) is 10.2 Å². The first kappa shape index (κ1) is 26.2. The maximum absolute atomic E-state index is 13.5. The first-order valence-electron chi connectivity index (χ1n) is 10.0. The molecule has 8 nitrogen and oxygen atoms in total. The summed E-state index contributed by atoms with van der Waals surface area (Å²) in [5.74, 6) is -1.23. The summed E-state index contributed by atoms with van der Waals surface area (Å²) in [6.45, 7) is 3.03. The topological polar surface area (TPSA) is 114 Å². The van der Waals surface area contributed by atoms with Gasteiger partial charge in [-0.3, -0.25) is 4.79 Å². The van der Waals surface area contributed by atoms with Gasteiger partial charge >= 0.3 is 6.18 Å². The maximum Gasteiger partial charge on any atom is 0.435 e. The van der Waals surface area contributed by atoms with Crippen molar-refractivity contribution in [1.29, 1.82) is 4.78 Å². The normalized spacial score (nSPS) is 13.1. The van der Waals surface area contributed by atoms with Gasteiger partial charge in [-0.15, -0.1) is 10.2 Å². The molecule has 35 heavy (non-hydrogen) atoms. The standard InChI is InChI=1S/C22H20ClF3N4O4S/c1-4-33-17-10-13(23)8-9-16(17)34-21-18(12(2)19(29-30-21)22(24,25)26)20(31)28-14-6-5-7-15(11-14)35(3,27)32/h5-11,27H,4H2,1-3H3,(H,28,31). The summed E-state index contributed by atoms with van der Waals surface area (Å²) in [6, 6.07) is 9.97. The molecule has 2 aromatic carbocycles. The zero-order chi connectivity index (χ0) is 26.0. The molecule has 13 heteroatoms. The van der Waals surface area contributed by atoms with E-state index in [4.69, 9.17) is 25.9 Å². The fraction of sp³-hybridized carbons (Fsp3) is 0.227. The van der Waals surface area contributed by atoms with Gasteiger partial charge in [0.05, 0.1) is 16.3 Å². The highest BCUT2D eigenvalue weighted by Crippen LogP contribution is 2.38. The molecular formula is C22H20ClF3N4O4S. The van der Waals surface area contributed by atoms with Crippen molar-refractivity contribution in [3.05, 3.63) is 64.3 Å². The molecule has 0 spiro atoms. The van der Waals surface area contributed by atoms with E-state index >= 15 is 0 Å². The summed E-state index contributed by atoms with van der Waals surface area (Å²) in [7, 11) is -3.09. The Hall–Kier alpha value is -3.38. The molecule has 1 unspecified atom stereocenters. The van der Waals surface area contributed by atoms with Gasteiger partial charge < -0.3 is 14.8 Å². The number of benzene rings is 2. The number of carbonyl (C=O) groups excluding carboxylic acids is 1. The molecule has 1 amide bonds. The van der Waals surface area contributed by atoms with Crippen LogP contribution in [0.25, 0.3) is 0 Å². The van der Waals surface area contributed by atoms with Crippen LogP contribution in [0.3, 0.4) is 0 Å². The SMILES string of the molecule is CCOc1cc(Cl)ccc1Oc1nnc(C(F)(F)F)c(C)c1C(=O)Nc1cccc(S(C)(=N)=O)c1. The molecule has 1 heterocycles. The zero-order valence-electron chi connectivity index (χ0n) is 18.7. The van der Waals surface area contributed by atoms with E-state index in [2.05, 4.69) is 15.5 Å². The second kappa shape index (κ2) is 10.1. The Morgan fingerprint density at radius 3 is 2.51 bits per heavy atom. The highest BCUT2D eigenvalue weighted by Gasteiger charge is 2.38. The van der Waals surface area contributed by atoms with Gasteiger partial charge in [-0.05, 0) is 49.7 Å². The molecule has 3 aromatic rings. The number of carbonyl (C=O) groups is 1. The molecule has 0 fully saturated rings. The monoisotopic (exact) mass is 528 g/mol. The van der Waals surface area contributed by atoms with Gasteiger partial charge in [0.2, 0.25) is 0 Å². The first-order valence-corrected chi connectivity index (χ1v) is 12.4. The Morgan fingerprint density at radius 2 is 1.89 bits per heavy atom. The second-order valence-electron chi connectivity index (χ2n) is 7.30. The van der Waals surface area contributed by atoms with Crippen molar-refractivity contribution in [3.8, 4) is 17.4 Å². The van der Waals surface area contributed by atoms with E-state index in [0.29, 0.717) is 5.02 Å². The molecule has 0 aliphatic carbocycles. The number of nitrogens with zero attached hydrogens (tertiary/aromatic N) is 2. The van der Waals surface area contributed by atoms with Crippen LogP contribution in [0.15, 0.2) is 47.4 Å². The number of anilines is 1. The van der Waals surface area contributed by atoms with Gasteiger partial charge in [0.25, 0.3) is 11.8 Å². The third-order valence-electron chi connectivity index (χ3n) is 4.63. The number of nitrogens with one attached hydrogen (secondary N) is 2. The summed E-state index contributed by atoms with van der Waals surface area (Å²) in [5, 5.41) is 9.53. The molecule has 186 valence electrons. The number of halogens is 4. The Labute approximate surface area is 204 Å². The van der Waals surface area contributed by atoms with E-state index in [-0.39, 0.29) is 28.7 Å². The summed E-state index contributed by atoms with van der Waals surface area (Å²) in [6.07, 6.45) is -3.67. The van der Waals surface area contributed by atoms with Gasteiger partial charge in [-0.1, -0.05) is 17.7 Å². The predicted octanol–water partition coefficient (Wildman–Crippen LogP) is 5.94. The van der Waals surface area contributed by atoms with E-state index in [0.717, 1.165) is 6.92 Å². The first-order chi connectivity index (χ1) is 16.3. The molecule has 0 saturated carbocycles. The van der Waals surface area contributed by atoms with Crippen LogP contribution in [0.4, 0.5) is 18.9 Å². The number of aromatic nitrogens is 2. The lowest BCUT2D eigenvalue weighted by Crippen LogP contribution is -2.21. The molecule has 1 atom stereocenters. The smallest absolute Gasteiger partial charge is 0.435 e. The number of hydrogen-bond donors (Lipinski definition) is 2. The van der Waals surface area contributed by atoms with Gasteiger partial charge in [0, 0.05) is 27.9 Å². The van der Waals surface area contributed by atoms with Crippen LogP contribution in [0.5, 0.6) is 17.4 Å². The van der Waals surface area contributed by atoms with Crippen molar-refractivity contribution in [2.24, 2.45) is 0 Å². The second-order valence-corrected chi connectivity index (χ2v) is 9.90. The fourth-order valence-electron chi connectivity index (χ4n) is 3.06. The average Bonchev–Trinajstić information content (AvgIpc) is 2.74. The number of rotatable bonds is 7. The minimum Gasteiger partial charge on any atom is -0.490 e. The number of hydrogen-bond acceptors (Lipinski definition) is 7. The maximum atomic E-state index is 13.5. The van der Waals surface area contributed by atoms with Crippen molar-refractivity contribution in [2.75, 3.05) is 18.2 Å². The Morgan fingerprint density at radius 1 is 1.17 bits per heavy atom. The fourth-order valence-corrected chi connectivity index (χ4v) is 3.91. The largest absolute Gasteiger partial charge is 0.490 e. The number of ether oxygens (including phenoxy) is 2. The van der Waals surface area contributed by atoms with Gasteiger partial charge in [0.1, 0.15) is 5.56 Å². The van der Waals surface area contributed by atoms with E-state index in [1.807, 2.05) is 0 Å². The Bertz CT molecular complexity index is 1380. The quantitative estimate of drug-likeness (QED) is 0.392. The predicted molar refractivity (Wildman–Crippen MR) is 124 cm³/mol. The summed E-state index contributed by atoms with van der Waals surface area (Å²) in [5.41, 5.74) is -2.26. The van der Waals surface area contributed by atoms with E-state index in [1.165, 1.54) is 48.7 Å². The van der Waals surface area contributed by atoms with Crippen LogP contribution >= 0.6 is 11.6 Å². The van der Waals surface area contributed by atoms with Gasteiger partial charge in [0.15, 0.2) is 17.2 Å². The van der Waals surface area contributed by atoms with E-state index in [1.54, 1.807) is 6.92 Å². The van der Waals surface area contributed by atoms with Crippen LogP contribution in [0.1, 0.15) is 28.5 Å². The third-order valence-corrected chi connectivity index (χ3v) is 6.02. The van der Waals surface area contributed by atoms with Crippen LogP contribution in [0.2, 0.25) is 5.02 Å². The van der Waals surface area contributed by atoms with Crippen LogP contribution in [0, 0.1) is 11.7 Å². The van der Waals surface area contributed by atoms with Crippen LogP contribution < -0.4 is 14.8 Å². The minimum atomic E-state index is -4.87. The third kappa shape index (κ3) is 6.20. The summed E-state index contributed by atoms with van der Waals surface area (Å²) >= 11 is 5.98. The van der Waals surface area contributed by atoms with E-state index in [9.17, 15) is 22.2 Å². The molecular weight excluding hydrogens is 509 g/mol. The average molecular weight is 529 g/mol. The van der Waals surface area contributed by atoms with Crippen molar-refractivity contribution >= 4 is 32.9 Å². The Kier molecular flexibility index (Phi) is 7.56. The number of alkyl halides is 3. The zero-order valence-corrected chi connectivity index (χ0v) is 20.3. The Balaban J connectivity index is 2.09. The molecule has 0 saturated heterocycles. The molecule has 1 aromatic heterocycles. The van der Waals surface area contributed by atoms with Crippen LogP contribution in [-0.2, 0) is 15.9 Å². The van der Waals surface area contributed by atoms with Crippen molar-refractivity contribution in [3.63, 3.8) is 0 Å². The summed E-state index contributed by atoms with van der Waals surface area (Å²) in [4.78, 5) is 13.3. The lowest BCUT2D eigenvalue weighted by atomic mass is 10.1. The molecule has 0 aliphatic heterocycles. The molecule has 0 radical (unpaired) electrons. The molecule has 2 N–H and O–H groups in total. The molecule has 3 rings (SSSR count). The van der Waals surface area contributed by atoms with E-state index < -0.39 is 44.5 Å². The van der Waals surface area contributed by atoms with Gasteiger partial charge in [-0.2, -0.15) is 13.2 Å². The lowest BCUT2D eigenvalue weighted by molar-refractivity contribution is -0.142. The summed E-state index contributed by atoms with van der Waals surface area (Å²) < 4.78 is 71.4. The highest BCUT2D eigenvalue weighted by molar-refractivity contribution is 7.91. The van der Waals surface area contributed by atoms with Crippen LogP contribution in [-0.4, -0.2) is 33.2 Å². The lowest BCUT2D eigenvalue weighted by Gasteiger charge is -2.17. The molecule has 0 aliphatic rings. The van der Waals surface area contributed by atoms with Gasteiger partial charge in [-0.25, -0.2) is 8.99 Å². The highest BCUT2D eigenvalue weighted by atomic mass is 35.5.